The van der Waals surface area contributed by atoms with Gasteiger partial charge in [0.2, 0.25) is 0 Å². The summed E-state index contributed by atoms with van der Waals surface area (Å²) in [4.78, 5) is 24.5. The predicted molar refractivity (Wildman–Crippen MR) is 228 cm³/mol. The smallest absolute Gasteiger partial charge is 0.164 e. The number of nitrogens with zero attached hydrogens (tertiary/aromatic N) is 5. The molecule has 0 aliphatic rings. The number of hydrogen-bond acceptors (Lipinski definition) is 5. The lowest BCUT2D eigenvalue weighted by atomic mass is 9.98. The molecule has 0 bridgehead atoms. The first-order valence-corrected chi connectivity index (χ1v) is 18.7. The van der Waals surface area contributed by atoms with Crippen LogP contribution in [0.5, 0.6) is 0 Å². The molecule has 3 heterocycles. The molecule has 0 saturated heterocycles. The molecule has 0 N–H and O–H groups in total. The summed E-state index contributed by atoms with van der Waals surface area (Å²) >= 11 is 0. The number of hydrogen-bond donors (Lipinski definition) is 0. The summed E-state index contributed by atoms with van der Waals surface area (Å²) in [7, 11) is 0. The normalized spacial score (nSPS) is 11.2. The third kappa shape index (κ3) is 6.48. The van der Waals surface area contributed by atoms with Gasteiger partial charge in [-0.1, -0.05) is 176 Å². The summed E-state index contributed by atoms with van der Waals surface area (Å²) in [6.07, 6.45) is 1.83. The van der Waals surface area contributed by atoms with Crippen LogP contribution in [0, 0.1) is 0 Å². The summed E-state index contributed by atoms with van der Waals surface area (Å²) in [5.41, 5.74) is 13.5. The Labute approximate surface area is 324 Å². The minimum absolute atomic E-state index is 0.633. The molecular weight excluding hydrogens is 683 g/mol. The molecule has 262 valence electrons. The quantitative estimate of drug-likeness (QED) is 0.154. The first-order valence-electron chi connectivity index (χ1n) is 18.7. The Morgan fingerprint density at radius 1 is 0.250 bits per heavy atom. The summed E-state index contributed by atoms with van der Waals surface area (Å²) in [5.74, 6) is 1.91. The van der Waals surface area contributed by atoms with E-state index in [9.17, 15) is 0 Å². The van der Waals surface area contributed by atoms with Gasteiger partial charge in [-0.3, -0.25) is 4.98 Å². The van der Waals surface area contributed by atoms with Crippen LogP contribution >= 0.6 is 0 Å². The number of benzene rings is 7. The summed E-state index contributed by atoms with van der Waals surface area (Å²) in [6, 6.07) is 67.1. The first kappa shape index (κ1) is 33.0. The molecule has 0 saturated carbocycles. The van der Waals surface area contributed by atoms with E-state index in [4.69, 9.17) is 19.9 Å². The van der Waals surface area contributed by atoms with Crippen molar-refractivity contribution >= 4 is 21.8 Å². The predicted octanol–water partition coefficient (Wildman–Crippen LogP) is 12.6. The van der Waals surface area contributed by atoms with Crippen LogP contribution in [0.25, 0.3) is 101 Å². The maximum atomic E-state index is 5.02. The number of fused-ring (bicyclic) bond motifs is 3. The molecule has 10 rings (SSSR count). The number of pyridine rings is 2. The number of rotatable bonds is 7. The van der Waals surface area contributed by atoms with Crippen molar-refractivity contribution in [3.8, 4) is 78.8 Å². The lowest BCUT2D eigenvalue weighted by Gasteiger charge is -2.10. The second-order valence-corrected chi connectivity index (χ2v) is 13.8. The minimum Gasteiger partial charge on any atom is -0.254 e. The maximum absolute atomic E-state index is 5.02. The van der Waals surface area contributed by atoms with E-state index in [0.717, 1.165) is 83.1 Å². The van der Waals surface area contributed by atoms with Crippen molar-refractivity contribution in [2.24, 2.45) is 0 Å². The van der Waals surface area contributed by atoms with Crippen LogP contribution < -0.4 is 0 Å². The Kier molecular flexibility index (Phi) is 8.43. The van der Waals surface area contributed by atoms with Crippen LogP contribution in [0.2, 0.25) is 0 Å². The summed E-state index contributed by atoms with van der Waals surface area (Å²) < 4.78 is 0. The van der Waals surface area contributed by atoms with Gasteiger partial charge < -0.3 is 0 Å². The monoisotopic (exact) mass is 715 g/mol. The third-order valence-corrected chi connectivity index (χ3v) is 10.2. The molecule has 0 atom stereocenters. The molecule has 5 heteroatoms. The lowest BCUT2D eigenvalue weighted by molar-refractivity contribution is 1.07. The van der Waals surface area contributed by atoms with Crippen molar-refractivity contribution in [2.75, 3.05) is 0 Å². The van der Waals surface area contributed by atoms with Crippen LogP contribution in [-0.2, 0) is 0 Å². The molecule has 56 heavy (non-hydrogen) atoms. The second kappa shape index (κ2) is 14.3. The van der Waals surface area contributed by atoms with Crippen LogP contribution in [0.15, 0.2) is 200 Å². The standard InChI is InChI=1S/C51H33N5/c1-3-9-34(10-4-1)44-13-7-14-45(33-44)51-55-49(42-11-5-2-6-12-42)54-50(56-51)43-28-22-38(23-29-43)36-18-16-35(17-19-36)37-20-24-39(25-21-37)46-31-30-41-27-26-40-15-8-32-52-47(40)48(41)53-46/h1-33H. The van der Waals surface area contributed by atoms with Gasteiger partial charge in [-0.2, -0.15) is 0 Å². The van der Waals surface area contributed by atoms with Gasteiger partial charge in [0.25, 0.3) is 0 Å². The SMILES string of the molecule is c1ccc(-c2cccc(-c3nc(-c4ccccc4)nc(-c4ccc(-c5ccc(-c6ccc(-c7ccc8ccc9cccnc9c8n7)cc6)cc5)cc4)n3)c2)cc1. The number of aromatic nitrogens is 5. The van der Waals surface area contributed by atoms with E-state index >= 15 is 0 Å². The zero-order valence-electron chi connectivity index (χ0n) is 30.3. The maximum Gasteiger partial charge on any atom is 0.164 e. The zero-order valence-corrected chi connectivity index (χ0v) is 30.3. The van der Waals surface area contributed by atoms with Crippen LogP contribution in [0.4, 0.5) is 0 Å². The molecule has 7 aromatic carbocycles. The van der Waals surface area contributed by atoms with Crippen LogP contribution in [0.1, 0.15) is 0 Å². The molecule has 0 aliphatic heterocycles. The van der Waals surface area contributed by atoms with Gasteiger partial charge in [0.15, 0.2) is 17.5 Å². The molecule has 0 radical (unpaired) electrons. The van der Waals surface area contributed by atoms with E-state index in [0.29, 0.717) is 17.5 Å². The van der Waals surface area contributed by atoms with Gasteiger partial charge in [-0.25, -0.2) is 19.9 Å². The van der Waals surface area contributed by atoms with E-state index < -0.39 is 0 Å². The Hall–Kier alpha value is -7.63. The van der Waals surface area contributed by atoms with Gasteiger partial charge in [0, 0.05) is 39.2 Å². The molecule has 0 unspecified atom stereocenters. The fourth-order valence-electron chi connectivity index (χ4n) is 7.20. The van der Waals surface area contributed by atoms with Gasteiger partial charge in [0.05, 0.1) is 16.7 Å². The van der Waals surface area contributed by atoms with E-state index in [1.807, 2.05) is 48.7 Å². The van der Waals surface area contributed by atoms with Crippen molar-refractivity contribution in [2.45, 2.75) is 0 Å². The van der Waals surface area contributed by atoms with E-state index in [1.165, 1.54) is 0 Å². The van der Waals surface area contributed by atoms with Gasteiger partial charge in [-0.15, -0.1) is 0 Å². The average molecular weight is 716 g/mol. The van der Waals surface area contributed by atoms with Gasteiger partial charge in [-0.05, 0) is 51.6 Å². The Bertz CT molecular complexity index is 2980. The Morgan fingerprint density at radius 3 is 1.29 bits per heavy atom. The third-order valence-electron chi connectivity index (χ3n) is 10.2. The van der Waals surface area contributed by atoms with Crippen LogP contribution in [0.3, 0.4) is 0 Å². The molecule has 0 fully saturated rings. The van der Waals surface area contributed by atoms with Crippen molar-refractivity contribution in [3.63, 3.8) is 0 Å². The highest BCUT2D eigenvalue weighted by Gasteiger charge is 2.14. The second-order valence-electron chi connectivity index (χ2n) is 13.8. The molecule has 0 aliphatic carbocycles. The molecule has 10 aromatic rings. The summed E-state index contributed by atoms with van der Waals surface area (Å²) in [6.45, 7) is 0. The highest BCUT2D eigenvalue weighted by molar-refractivity contribution is 6.03. The zero-order chi connectivity index (χ0) is 37.3. The Morgan fingerprint density at radius 2 is 0.679 bits per heavy atom. The molecule has 5 nitrogen and oxygen atoms in total. The fraction of sp³-hybridized carbons (Fsp3) is 0. The highest BCUT2D eigenvalue weighted by Crippen LogP contribution is 2.32. The average Bonchev–Trinajstić information content (AvgIpc) is 3.29. The molecule has 3 aromatic heterocycles. The molecule has 0 amide bonds. The first-order chi connectivity index (χ1) is 27.7. The van der Waals surface area contributed by atoms with Gasteiger partial charge >= 0.3 is 0 Å². The topological polar surface area (TPSA) is 64.5 Å². The Balaban J connectivity index is 0.912. The fourth-order valence-corrected chi connectivity index (χ4v) is 7.20. The minimum atomic E-state index is 0.633. The lowest BCUT2D eigenvalue weighted by Crippen LogP contribution is -2.00. The van der Waals surface area contributed by atoms with Crippen molar-refractivity contribution in [1.29, 1.82) is 0 Å². The van der Waals surface area contributed by atoms with Gasteiger partial charge in [0.1, 0.15) is 0 Å². The molecular formula is C51H33N5. The van der Waals surface area contributed by atoms with Crippen molar-refractivity contribution in [3.05, 3.63) is 200 Å². The van der Waals surface area contributed by atoms with E-state index in [2.05, 4.69) is 157 Å². The molecule has 0 spiro atoms. The van der Waals surface area contributed by atoms with E-state index in [1.54, 1.807) is 0 Å². The van der Waals surface area contributed by atoms with Crippen molar-refractivity contribution < 1.29 is 0 Å². The summed E-state index contributed by atoms with van der Waals surface area (Å²) in [5, 5.41) is 2.18. The largest absolute Gasteiger partial charge is 0.254 e. The van der Waals surface area contributed by atoms with Crippen molar-refractivity contribution in [1.82, 2.24) is 24.9 Å². The van der Waals surface area contributed by atoms with E-state index in [-0.39, 0.29) is 0 Å². The highest BCUT2D eigenvalue weighted by atomic mass is 15.0. The van der Waals surface area contributed by atoms with Crippen LogP contribution in [-0.4, -0.2) is 24.9 Å².